The zero-order chi connectivity index (χ0) is 29.3. The van der Waals surface area contributed by atoms with Crippen molar-refractivity contribution in [2.45, 2.75) is 96.8 Å². The van der Waals surface area contributed by atoms with Gasteiger partial charge in [-0.05, 0) is 32.1 Å². The second kappa shape index (κ2) is 18.6. The Kier molecular flexibility index (Phi) is 10.5. The molecule has 0 fully saturated rings. The van der Waals surface area contributed by atoms with E-state index < -0.39 is 46.4 Å². The van der Waals surface area contributed by atoms with Crippen LogP contribution in [0.2, 0.25) is 0 Å². The van der Waals surface area contributed by atoms with Gasteiger partial charge in [0.2, 0.25) is 0 Å². The van der Waals surface area contributed by atoms with Crippen LogP contribution in [0.1, 0.15) is 109 Å². The molecular weight excluding hydrogens is 385 g/mol. The molecule has 0 heterocycles. The monoisotopic (exact) mass is 443 g/mol. The highest BCUT2D eigenvalue weighted by Gasteiger charge is 2.21. The predicted octanol–water partition coefficient (Wildman–Crippen LogP) is 6.86. The molecule has 0 aliphatic carbocycles. The van der Waals surface area contributed by atoms with Crippen LogP contribution in [0.15, 0.2) is 12.2 Å². The van der Waals surface area contributed by atoms with Gasteiger partial charge >= 0.3 is 7.82 Å². The fourth-order valence-corrected chi connectivity index (χ4v) is 3.61. The Morgan fingerprint density at radius 3 is 1.83 bits per heavy atom. The van der Waals surface area contributed by atoms with Crippen LogP contribution < -0.4 is 0 Å². The van der Waals surface area contributed by atoms with Crippen molar-refractivity contribution >= 4 is 7.82 Å². The molecule has 0 aromatic heterocycles. The molecule has 0 spiro atoms. The molecule has 0 saturated carbocycles. The van der Waals surface area contributed by atoms with Gasteiger partial charge < -0.3 is 9.38 Å². The summed E-state index contributed by atoms with van der Waals surface area (Å²) in [6, 6.07) is 0. The van der Waals surface area contributed by atoms with E-state index in [1.807, 2.05) is 0 Å². The Balaban J connectivity index is 4.10. The molecule has 29 heavy (non-hydrogen) atoms. The molecule has 5 nitrogen and oxygen atoms in total. The Morgan fingerprint density at radius 2 is 1.28 bits per heavy atom. The number of quaternary nitrogens is 1. The Hall–Kier alpha value is -0.190. The van der Waals surface area contributed by atoms with Gasteiger partial charge in [-0.3, -0.25) is 9.05 Å². The van der Waals surface area contributed by atoms with Crippen LogP contribution in [0.5, 0.6) is 0 Å². The van der Waals surface area contributed by atoms with E-state index in [1.165, 1.54) is 38.5 Å². The molecule has 6 heteroatoms. The maximum Gasteiger partial charge on any atom is 0.472 e. The quantitative estimate of drug-likeness (QED) is 0.0910. The number of phosphoric ester groups is 1. The lowest BCUT2D eigenvalue weighted by molar-refractivity contribution is -0.870. The van der Waals surface area contributed by atoms with Crippen LogP contribution in [0.3, 0.4) is 0 Å². The van der Waals surface area contributed by atoms with E-state index >= 15 is 0 Å². The van der Waals surface area contributed by atoms with Crippen molar-refractivity contribution in [1.29, 1.82) is 0 Å². The summed E-state index contributed by atoms with van der Waals surface area (Å²) in [6.07, 6.45) is 20.2. The topological polar surface area (TPSA) is 55.8 Å². The van der Waals surface area contributed by atoms with E-state index in [0.717, 1.165) is 44.9 Å². The molecule has 1 N–H and O–H groups in total. The van der Waals surface area contributed by atoms with Crippen molar-refractivity contribution in [2.75, 3.05) is 40.7 Å². The molecular formula is C23H49NO4P+. The number of nitrogens with zero attached hydrogens (tertiary/aromatic N) is 1. The molecule has 0 rings (SSSR count). The minimum atomic E-state index is -4.59. The SMILES string of the molecule is [2H]C([2H])([2H])[N+](CCOP(=O)(O)OCCCCCCCC/C=C\CCCCCCCC)(C([2H])([2H])[2H])C([2H])([2H])[2H]. The van der Waals surface area contributed by atoms with Gasteiger partial charge in [0, 0.05) is 0 Å². The van der Waals surface area contributed by atoms with Gasteiger partial charge in [-0.25, -0.2) is 4.57 Å². The summed E-state index contributed by atoms with van der Waals surface area (Å²) in [5.74, 6) is 0. The maximum absolute atomic E-state index is 12.1. The highest BCUT2D eigenvalue weighted by atomic mass is 31.2. The average Bonchev–Trinajstić information content (AvgIpc) is 2.76. The van der Waals surface area contributed by atoms with Crippen molar-refractivity contribution in [3.63, 3.8) is 0 Å². The predicted molar refractivity (Wildman–Crippen MR) is 124 cm³/mol. The van der Waals surface area contributed by atoms with Gasteiger partial charge in [-0.2, -0.15) is 0 Å². The van der Waals surface area contributed by atoms with Crippen LogP contribution in [0.4, 0.5) is 0 Å². The van der Waals surface area contributed by atoms with Crippen LogP contribution in [0.25, 0.3) is 0 Å². The fourth-order valence-electron chi connectivity index (χ4n) is 2.86. The van der Waals surface area contributed by atoms with Crippen LogP contribution in [-0.2, 0) is 13.6 Å². The Bertz CT molecular complexity index is 662. The van der Waals surface area contributed by atoms with E-state index in [4.69, 9.17) is 21.4 Å². The highest BCUT2D eigenvalue weighted by Crippen LogP contribution is 2.43. The molecule has 0 aromatic carbocycles. The number of rotatable bonds is 21. The maximum atomic E-state index is 12.1. The number of allylic oxidation sites excluding steroid dienone is 2. The first-order valence-corrected chi connectivity index (χ1v) is 12.7. The first-order valence-electron chi connectivity index (χ1n) is 15.7. The summed E-state index contributed by atoms with van der Waals surface area (Å²) in [6.45, 7) is -10.1. The van der Waals surface area contributed by atoms with Crippen molar-refractivity contribution in [1.82, 2.24) is 0 Å². The van der Waals surface area contributed by atoms with Crippen LogP contribution in [0, 0.1) is 0 Å². The largest absolute Gasteiger partial charge is 0.472 e. The summed E-state index contributed by atoms with van der Waals surface area (Å²) in [5, 5.41) is 0. The zero-order valence-corrected chi connectivity index (χ0v) is 19.1. The lowest BCUT2D eigenvalue weighted by Gasteiger charge is -2.24. The zero-order valence-electron chi connectivity index (χ0n) is 27.2. The molecule has 0 amide bonds. The van der Waals surface area contributed by atoms with Crippen molar-refractivity contribution in [2.24, 2.45) is 0 Å². The van der Waals surface area contributed by atoms with E-state index in [9.17, 15) is 9.46 Å². The fraction of sp³-hybridized carbons (Fsp3) is 0.913. The number of hydrogen-bond acceptors (Lipinski definition) is 3. The molecule has 174 valence electrons. The van der Waals surface area contributed by atoms with Gasteiger partial charge in [0.25, 0.3) is 0 Å². The lowest BCUT2D eigenvalue weighted by Crippen LogP contribution is -2.37. The minimum Gasteiger partial charge on any atom is -0.329 e. The van der Waals surface area contributed by atoms with Gasteiger partial charge in [0.1, 0.15) is 13.2 Å². The molecule has 1 unspecified atom stereocenters. The summed E-state index contributed by atoms with van der Waals surface area (Å²) >= 11 is 0. The number of phosphoric acid groups is 1. The van der Waals surface area contributed by atoms with Gasteiger partial charge in [-0.15, -0.1) is 0 Å². The number of likely N-dealkylation sites (N-methyl/N-ethyl adjacent to an activating group) is 1. The van der Waals surface area contributed by atoms with E-state index in [2.05, 4.69) is 19.1 Å². The molecule has 0 saturated heterocycles. The van der Waals surface area contributed by atoms with E-state index in [0.29, 0.717) is 6.42 Å². The average molecular weight is 444 g/mol. The number of unbranched alkanes of at least 4 members (excludes halogenated alkanes) is 12. The Labute approximate surface area is 193 Å². The molecule has 0 radical (unpaired) electrons. The first kappa shape index (κ1) is 16.4. The third-order valence-corrected chi connectivity index (χ3v) is 5.61. The number of hydrogen-bond donors (Lipinski definition) is 1. The van der Waals surface area contributed by atoms with Crippen molar-refractivity contribution in [3.05, 3.63) is 12.2 Å². The van der Waals surface area contributed by atoms with Crippen LogP contribution in [-0.4, -0.2) is 50.1 Å². The van der Waals surface area contributed by atoms with Gasteiger partial charge in [0.05, 0.1) is 39.9 Å². The lowest BCUT2D eigenvalue weighted by atomic mass is 10.1. The third kappa shape index (κ3) is 24.0. The molecule has 0 aliphatic heterocycles. The molecule has 1 atom stereocenters. The third-order valence-electron chi connectivity index (χ3n) is 4.59. The summed E-state index contributed by atoms with van der Waals surface area (Å²) in [4.78, 5) is 9.82. The second-order valence-corrected chi connectivity index (χ2v) is 9.06. The molecule has 0 bridgehead atoms. The molecule has 0 aliphatic rings. The van der Waals surface area contributed by atoms with Gasteiger partial charge in [-0.1, -0.05) is 76.9 Å². The minimum absolute atomic E-state index is 0.0627. The van der Waals surface area contributed by atoms with Gasteiger partial charge in [0.15, 0.2) is 0 Å². The second-order valence-electron chi connectivity index (χ2n) is 7.61. The summed E-state index contributed by atoms with van der Waals surface area (Å²) in [5.41, 5.74) is 0. The first-order chi connectivity index (χ1) is 17.5. The summed E-state index contributed by atoms with van der Waals surface area (Å²) in [7, 11) is -4.59. The van der Waals surface area contributed by atoms with Crippen molar-refractivity contribution < 1.29 is 35.3 Å². The van der Waals surface area contributed by atoms with E-state index in [1.54, 1.807) is 0 Å². The normalized spacial score (nSPS) is 20.4. The Morgan fingerprint density at radius 1 is 0.793 bits per heavy atom. The molecule has 0 aromatic rings. The summed E-state index contributed by atoms with van der Waals surface area (Å²) < 4.78 is 87.2. The highest BCUT2D eigenvalue weighted by molar-refractivity contribution is 7.47. The smallest absolute Gasteiger partial charge is 0.329 e. The standard InChI is InChI=1S/C23H48NO4P/c1-5-6-7-8-9-10-11-12-13-14-15-16-17-18-19-20-22-27-29(25,26)28-23-21-24(2,3)4/h12-13H,5-11,14-23H2,1-4H3/p+1/b13-12-/i2D3,3D3,4D3. The van der Waals surface area contributed by atoms with E-state index in [-0.39, 0.29) is 6.61 Å². The van der Waals surface area contributed by atoms with Crippen molar-refractivity contribution in [3.8, 4) is 0 Å². The van der Waals surface area contributed by atoms with Crippen LogP contribution >= 0.6 is 7.82 Å².